The minimum absolute atomic E-state index is 0.00474. The van der Waals surface area contributed by atoms with Crippen LogP contribution in [0.2, 0.25) is 0 Å². The monoisotopic (exact) mass is 556 g/mol. The Morgan fingerprint density at radius 3 is 2.67 bits per heavy atom. The third-order valence-electron chi connectivity index (χ3n) is 5.98. The van der Waals surface area contributed by atoms with Gasteiger partial charge in [-0.1, -0.05) is 27.2 Å². The van der Waals surface area contributed by atoms with Crippen molar-refractivity contribution >= 4 is 34.7 Å². The Kier molecular flexibility index (Phi) is 8.89. The first-order valence-corrected chi connectivity index (χ1v) is 12.6. The van der Waals surface area contributed by atoms with Gasteiger partial charge in [0.15, 0.2) is 5.82 Å². The van der Waals surface area contributed by atoms with Gasteiger partial charge in [0.05, 0.1) is 42.1 Å². The average molecular weight is 557 g/mol. The number of nitrogens with one attached hydrogen (secondary N) is 4. The van der Waals surface area contributed by atoms with Crippen LogP contribution in [0.15, 0.2) is 30.9 Å². The predicted molar refractivity (Wildman–Crippen MR) is 142 cm³/mol. The van der Waals surface area contributed by atoms with E-state index in [1.165, 1.54) is 18.0 Å². The van der Waals surface area contributed by atoms with Gasteiger partial charge in [0.2, 0.25) is 0 Å². The summed E-state index contributed by atoms with van der Waals surface area (Å²) in [4.78, 5) is 41.0. The average Bonchev–Trinajstić information content (AvgIpc) is 3.52. The number of aryl methyl sites for hydroxylation is 1. The van der Waals surface area contributed by atoms with Crippen molar-refractivity contribution in [3.63, 3.8) is 0 Å². The van der Waals surface area contributed by atoms with Crippen molar-refractivity contribution < 1.29 is 27.9 Å². The molecule has 0 saturated heterocycles. The fourth-order valence-corrected chi connectivity index (χ4v) is 4.14. The van der Waals surface area contributed by atoms with E-state index in [1.54, 1.807) is 12.4 Å². The molecule has 4 N–H and O–H groups in total. The second-order valence-electron chi connectivity index (χ2n) is 9.25. The molecular formula is C26H30F2N8O4. The van der Waals surface area contributed by atoms with Crippen LogP contribution in [-0.4, -0.2) is 43.7 Å². The molecule has 3 heterocycles. The van der Waals surface area contributed by atoms with Crippen LogP contribution in [0.25, 0.3) is 5.52 Å². The van der Waals surface area contributed by atoms with E-state index >= 15 is 0 Å². The lowest BCUT2D eigenvalue weighted by atomic mass is 10.0. The summed E-state index contributed by atoms with van der Waals surface area (Å²) >= 11 is 0. The number of anilines is 3. The van der Waals surface area contributed by atoms with Crippen LogP contribution in [-0.2, 0) is 22.6 Å². The molecule has 0 bridgehead atoms. The Hall–Kier alpha value is -4.59. The number of hydroxylamine groups is 1. The highest BCUT2D eigenvalue weighted by Gasteiger charge is 2.22. The summed E-state index contributed by atoms with van der Waals surface area (Å²) in [5.41, 5.74) is 3.53. The molecule has 2 amide bonds. The zero-order chi connectivity index (χ0) is 28.8. The highest BCUT2D eigenvalue weighted by Crippen LogP contribution is 2.35. The topological polar surface area (TPSA) is 148 Å². The Balaban J connectivity index is 1.58. The lowest BCUT2D eigenvalue weighted by Gasteiger charge is -2.13. The smallest absolute Gasteiger partial charge is 0.412 e. The minimum atomic E-state index is -1.06. The van der Waals surface area contributed by atoms with E-state index in [-0.39, 0.29) is 24.0 Å². The van der Waals surface area contributed by atoms with Crippen molar-refractivity contribution in [2.45, 2.75) is 52.6 Å². The van der Waals surface area contributed by atoms with Crippen LogP contribution in [0, 0.1) is 11.6 Å². The first kappa shape index (κ1) is 28.4. The van der Waals surface area contributed by atoms with Crippen LogP contribution >= 0.6 is 0 Å². The van der Waals surface area contributed by atoms with Crippen LogP contribution in [0.5, 0.6) is 0 Å². The molecule has 12 nitrogen and oxygen atoms in total. The summed E-state index contributed by atoms with van der Waals surface area (Å²) in [6, 6.07) is 1.59. The molecule has 4 aromatic rings. The molecule has 4 rings (SSSR count). The Bertz CT molecular complexity index is 1520. The summed E-state index contributed by atoms with van der Waals surface area (Å²) in [6.45, 7) is 5.90. The maximum atomic E-state index is 14.7. The number of fused-ring (bicyclic) bond motifs is 1. The van der Waals surface area contributed by atoms with Crippen LogP contribution in [0.4, 0.5) is 30.8 Å². The van der Waals surface area contributed by atoms with Crippen molar-refractivity contribution in [1.82, 2.24) is 30.0 Å². The number of hydrogen-bond donors (Lipinski definition) is 4. The largest absolute Gasteiger partial charge is 0.443 e. The number of aromatic nitrogens is 5. The molecule has 14 heteroatoms. The van der Waals surface area contributed by atoms with E-state index in [0.717, 1.165) is 31.2 Å². The Morgan fingerprint density at radius 1 is 1.15 bits per heavy atom. The molecular weight excluding hydrogens is 526 g/mol. The van der Waals surface area contributed by atoms with Gasteiger partial charge in [0.25, 0.3) is 5.91 Å². The molecule has 0 fully saturated rings. The first-order valence-electron chi connectivity index (χ1n) is 12.6. The third kappa shape index (κ3) is 6.34. The number of carbonyl (C=O) groups is 2. The molecule has 0 radical (unpaired) electrons. The van der Waals surface area contributed by atoms with E-state index in [2.05, 4.69) is 42.4 Å². The van der Waals surface area contributed by atoms with Gasteiger partial charge >= 0.3 is 6.09 Å². The number of amides is 2. The van der Waals surface area contributed by atoms with Crippen LogP contribution in [0.1, 0.15) is 67.0 Å². The standard InChI is InChI=1S/C26H30F2N8O4/c1-5-6-7-21-29-10-15(32-21)12-40-26(38)34-20-11-36-23(22(20)14(2)3)24(30-13-31-36)33-19-8-16(25(37)35-39-4)17(27)9-18(19)28/h8-11,13-14H,5-7,12H2,1-4H3,(H,29,32)(H,34,38)(H,35,37)(H,30,31,33). The summed E-state index contributed by atoms with van der Waals surface area (Å²) in [7, 11) is 1.19. The Morgan fingerprint density at radius 2 is 1.95 bits per heavy atom. The van der Waals surface area contributed by atoms with Gasteiger partial charge in [0, 0.05) is 18.1 Å². The zero-order valence-electron chi connectivity index (χ0n) is 22.5. The fourth-order valence-electron chi connectivity index (χ4n) is 4.14. The van der Waals surface area contributed by atoms with E-state index < -0.39 is 29.2 Å². The number of unbranched alkanes of at least 4 members (excludes halogenated alkanes) is 1. The minimum Gasteiger partial charge on any atom is -0.443 e. The van der Waals surface area contributed by atoms with Crippen molar-refractivity contribution in [2.24, 2.45) is 0 Å². The maximum Gasteiger partial charge on any atom is 0.412 e. The highest BCUT2D eigenvalue weighted by atomic mass is 19.1. The summed E-state index contributed by atoms with van der Waals surface area (Å²) in [5, 5.41) is 9.76. The van der Waals surface area contributed by atoms with E-state index in [0.29, 0.717) is 28.5 Å². The molecule has 1 aromatic carbocycles. The van der Waals surface area contributed by atoms with Gasteiger partial charge in [-0.15, -0.1) is 0 Å². The van der Waals surface area contributed by atoms with Gasteiger partial charge < -0.3 is 15.0 Å². The molecule has 0 atom stereocenters. The number of imidazole rings is 1. The van der Waals surface area contributed by atoms with Crippen molar-refractivity contribution in [1.29, 1.82) is 0 Å². The van der Waals surface area contributed by atoms with Gasteiger partial charge in [0.1, 0.15) is 35.9 Å². The van der Waals surface area contributed by atoms with E-state index in [9.17, 15) is 18.4 Å². The summed E-state index contributed by atoms with van der Waals surface area (Å²) in [5.74, 6) is -2.03. The van der Waals surface area contributed by atoms with Gasteiger partial charge in [-0.25, -0.2) is 33.5 Å². The van der Waals surface area contributed by atoms with Crippen LogP contribution < -0.4 is 16.1 Å². The lowest BCUT2D eigenvalue weighted by Crippen LogP contribution is -2.23. The first-order chi connectivity index (χ1) is 19.2. The number of aromatic amines is 1. The molecule has 212 valence electrons. The van der Waals surface area contributed by atoms with Gasteiger partial charge in [-0.3, -0.25) is 14.9 Å². The second-order valence-corrected chi connectivity index (χ2v) is 9.25. The summed E-state index contributed by atoms with van der Waals surface area (Å²) in [6.07, 6.45) is 6.63. The number of nitrogens with zero attached hydrogens (tertiary/aromatic N) is 4. The summed E-state index contributed by atoms with van der Waals surface area (Å²) < 4.78 is 35.8. The normalized spacial score (nSPS) is 11.2. The number of carbonyl (C=O) groups excluding carboxylic acids is 2. The number of ether oxygens (including phenoxy) is 1. The molecule has 3 aromatic heterocycles. The third-order valence-corrected chi connectivity index (χ3v) is 5.98. The quantitative estimate of drug-likeness (QED) is 0.189. The van der Waals surface area contributed by atoms with Gasteiger partial charge in [-0.05, 0) is 18.4 Å². The number of H-pyrrole nitrogens is 1. The van der Waals surface area contributed by atoms with Crippen molar-refractivity contribution in [3.05, 3.63) is 65.1 Å². The molecule has 0 spiro atoms. The maximum absolute atomic E-state index is 14.7. The lowest BCUT2D eigenvalue weighted by molar-refractivity contribution is 0.0533. The van der Waals surface area contributed by atoms with E-state index in [4.69, 9.17) is 4.74 Å². The Labute approximate surface area is 228 Å². The predicted octanol–water partition coefficient (Wildman–Crippen LogP) is 4.98. The molecule has 0 aliphatic rings. The zero-order valence-corrected chi connectivity index (χ0v) is 22.5. The number of halogens is 2. The number of rotatable bonds is 11. The highest BCUT2D eigenvalue weighted by molar-refractivity contribution is 5.95. The van der Waals surface area contributed by atoms with E-state index in [1.807, 2.05) is 19.3 Å². The number of benzene rings is 1. The number of hydrogen-bond acceptors (Lipinski definition) is 8. The molecule has 0 aliphatic heterocycles. The molecule has 0 unspecified atom stereocenters. The van der Waals surface area contributed by atoms with Crippen molar-refractivity contribution in [2.75, 3.05) is 17.7 Å². The molecule has 40 heavy (non-hydrogen) atoms. The second kappa shape index (κ2) is 12.5. The SMILES string of the molecule is CCCCc1ncc(COC(=O)Nc2cn3ncnc(Nc4cc(C(=O)NOC)c(F)cc4F)c3c2C(C)C)[nH]1. The van der Waals surface area contributed by atoms with Gasteiger partial charge in [-0.2, -0.15) is 5.10 Å². The van der Waals surface area contributed by atoms with Crippen molar-refractivity contribution in [3.8, 4) is 0 Å². The fraction of sp³-hybridized carbons (Fsp3) is 0.346. The van der Waals surface area contributed by atoms with Crippen LogP contribution in [0.3, 0.4) is 0 Å². The molecule has 0 saturated carbocycles. The molecule has 0 aliphatic carbocycles.